The van der Waals surface area contributed by atoms with Gasteiger partial charge in [0.05, 0.1) is 0 Å². The molecule has 2 aliphatic rings. The van der Waals surface area contributed by atoms with E-state index >= 15 is 0 Å². The fraction of sp³-hybridized carbons (Fsp3) is 0.476. The first-order valence-corrected chi connectivity index (χ1v) is 9.72. The summed E-state index contributed by atoms with van der Waals surface area (Å²) < 4.78 is 0. The Morgan fingerprint density at radius 2 is 1.78 bits per heavy atom. The SMILES string of the molecule is Cc1ncnc(N2CCN(C[C@@H]3CC(=O)N(c4ccccc4)C3)CC2)c1C. The molecule has 2 fully saturated rings. The van der Waals surface area contributed by atoms with Gasteiger partial charge < -0.3 is 9.80 Å². The van der Waals surface area contributed by atoms with E-state index in [4.69, 9.17) is 0 Å². The molecule has 1 aromatic carbocycles. The summed E-state index contributed by atoms with van der Waals surface area (Å²) in [5, 5.41) is 0. The van der Waals surface area contributed by atoms with Crippen molar-refractivity contribution >= 4 is 17.4 Å². The summed E-state index contributed by atoms with van der Waals surface area (Å²) in [6.45, 7) is 9.92. The number of hydrogen-bond acceptors (Lipinski definition) is 5. The molecule has 1 aromatic heterocycles. The summed E-state index contributed by atoms with van der Waals surface area (Å²) >= 11 is 0. The fourth-order valence-electron chi connectivity index (χ4n) is 4.11. The predicted octanol–water partition coefficient (Wildman–Crippen LogP) is 2.27. The van der Waals surface area contributed by atoms with E-state index in [9.17, 15) is 4.79 Å². The van der Waals surface area contributed by atoms with Gasteiger partial charge in [-0.15, -0.1) is 0 Å². The second-order valence-electron chi connectivity index (χ2n) is 7.61. The molecule has 4 rings (SSSR count). The monoisotopic (exact) mass is 365 g/mol. The minimum Gasteiger partial charge on any atom is -0.354 e. The summed E-state index contributed by atoms with van der Waals surface area (Å²) in [5.41, 5.74) is 3.24. The number of amides is 1. The Bertz CT molecular complexity index is 801. The molecule has 6 nitrogen and oxygen atoms in total. The molecule has 0 N–H and O–H groups in total. The lowest BCUT2D eigenvalue weighted by Gasteiger charge is -2.37. The summed E-state index contributed by atoms with van der Waals surface area (Å²) in [6.07, 6.45) is 2.31. The van der Waals surface area contributed by atoms with Gasteiger partial charge in [-0.05, 0) is 31.9 Å². The Kier molecular flexibility index (Phi) is 5.07. The first-order valence-electron chi connectivity index (χ1n) is 9.72. The second-order valence-corrected chi connectivity index (χ2v) is 7.61. The molecule has 1 atom stereocenters. The van der Waals surface area contributed by atoms with Crippen LogP contribution in [0.15, 0.2) is 36.7 Å². The molecule has 3 heterocycles. The predicted molar refractivity (Wildman–Crippen MR) is 107 cm³/mol. The van der Waals surface area contributed by atoms with Gasteiger partial charge in [-0.3, -0.25) is 9.69 Å². The van der Waals surface area contributed by atoms with Crippen molar-refractivity contribution in [2.24, 2.45) is 5.92 Å². The lowest BCUT2D eigenvalue weighted by atomic mass is 10.1. The Labute approximate surface area is 160 Å². The molecule has 2 saturated heterocycles. The number of anilines is 2. The number of carbonyl (C=O) groups excluding carboxylic acids is 1. The molecule has 0 bridgehead atoms. The van der Waals surface area contributed by atoms with Crippen molar-refractivity contribution in [1.82, 2.24) is 14.9 Å². The largest absolute Gasteiger partial charge is 0.354 e. The van der Waals surface area contributed by atoms with Crippen molar-refractivity contribution < 1.29 is 4.79 Å². The molecule has 0 radical (unpaired) electrons. The van der Waals surface area contributed by atoms with E-state index < -0.39 is 0 Å². The van der Waals surface area contributed by atoms with Gasteiger partial charge in [-0.25, -0.2) is 9.97 Å². The summed E-state index contributed by atoms with van der Waals surface area (Å²) in [7, 11) is 0. The number of aromatic nitrogens is 2. The van der Waals surface area contributed by atoms with Gasteiger partial charge >= 0.3 is 0 Å². The molecule has 142 valence electrons. The van der Waals surface area contributed by atoms with Gasteiger partial charge in [0, 0.05) is 62.6 Å². The number of rotatable bonds is 4. The van der Waals surface area contributed by atoms with Gasteiger partial charge in [0.25, 0.3) is 0 Å². The standard InChI is InChI=1S/C21H27N5O/c1-16-17(2)22-15-23-21(16)25-10-8-24(9-11-25)13-18-12-20(27)26(14-18)19-6-4-3-5-7-19/h3-7,15,18H,8-14H2,1-2H3/t18-/m0/s1. The quantitative estimate of drug-likeness (QED) is 0.832. The molecule has 2 aromatic rings. The maximum atomic E-state index is 12.4. The highest BCUT2D eigenvalue weighted by molar-refractivity contribution is 5.95. The van der Waals surface area contributed by atoms with Crippen molar-refractivity contribution in [2.45, 2.75) is 20.3 Å². The number of carbonyl (C=O) groups is 1. The molecule has 0 unspecified atom stereocenters. The van der Waals surface area contributed by atoms with Crippen molar-refractivity contribution in [3.05, 3.63) is 47.9 Å². The molecule has 0 aliphatic carbocycles. The number of nitrogens with zero attached hydrogens (tertiary/aromatic N) is 5. The zero-order valence-corrected chi connectivity index (χ0v) is 16.1. The van der Waals surface area contributed by atoms with Crippen LogP contribution >= 0.6 is 0 Å². The molecule has 0 spiro atoms. The minimum absolute atomic E-state index is 0.247. The smallest absolute Gasteiger partial charge is 0.227 e. The van der Waals surface area contributed by atoms with Crippen molar-refractivity contribution in [2.75, 3.05) is 49.1 Å². The third-order valence-electron chi connectivity index (χ3n) is 5.77. The van der Waals surface area contributed by atoms with E-state index in [2.05, 4.69) is 26.7 Å². The molecule has 6 heteroatoms. The fourth-order valence-corrected chi connectivity index (χ4v) is 4.11. The topological polar surface area (TPSA) is 52.6 Å². The van der Waals surface area contributed by atoms with Gasteiger partial charge in [0.15, 0.2) is 0 Å². The highest BCUT2D eigenvalue weighted by Crippen LogP contribution is 2.26. The first-order chi connectivity index (χ1) is 13.1. The van der Waals surface area contributed by atoms with Crippen LogP contribution in [-0.2, 0) is 4.79 Å². The maximum absolute atomic E-state index is 12.4. The summed E-state index contributed by atoms with van der Waals surface area (Å²) in [6, 6.07) is 10.0. The van der Waals surface area contributed by atoms with Crippen LogP contribution in [0.3, 0.4) is 0 Å². The third kappa shape index (κ3) is 3.81. The van der Waals surface area contributed by atoms with Gasteiger partial charge in [0.1, 0.15) is 12.1 Å². The van der Waals surface area contributed by atoms with Gasteiger partial charge in [-0.2, -0.15) is 0 Å². The second kappa shape index (κ2) is 7.64. The van der Waals surface area contributed by atoms with E-state index in [1.165, 1.54) is 5.56 Å². The van der Waals surface area contributed by atoms with Crippen LogP contribution in [0.25, 0.3) is 0 Å². The molecular weight excluding hydrogens is 338 g/mol. The third-order valence-corrected chi connectivity index (χ3v) is 5.77. The van der Waals surface area contributed by atoms with Crippen molar-refractivity contribution in [1.29, 1.82) is 0 Å². The number of para-hydroxylation sites is 1. The lowest BCUT2D eigenvalue weighted by Crippen LogP contribution is -2.48. The number of aryl methyl sites for hydroxylation is 1. The Hall–Kier alpha value is -2.47. The van der Waals surface area contributed by atoms with E-state index in [1.54, 1.807) is 6.33 Å². The molecule has 1 amide bonds. The van der Waals surface area contributed by atoms with Crippen LogP contribution in [0, 0.1) is 19.8 Å². The average Bonchev–Trinajstić information content (AvgIpc) is 3.05. The Morgan fingerprint density at radius 3 is 2.52 bits per heavy atom. The average molecular weight is 365 g/mol. The van der Waals surface area contributed by atoms with Crippen LogP contribution in [0.1, 0.15) is 17.7 Å². The normalized spacial score (nSPS) is 21.1. The highest BCUT2D eigenvalue weighted by atomic mass is 16.2. The van der Waals surface area contributed by atoms with Gasteiger partial charge in [-0.1, -0.05) is 18.2 Å². The van der Waals surface area contributed by atoms with E-state index in [1.807, 2.05) is 42.2 Å². The van der Waals surface area contributed by atoms with Gasteiger partial charge in [0.2, 0.25) is 5.91 Å². The van der Waals surface area contributed by atoms with Crippen molar-refractivity contribution in [3.63, 3.8) is 0 Å². The minimum atomic E-state index is 0.247. The summed E-state index contributed by atoms with van der Waals surface area (Å²) in [4.78, 5) is 28.0. The van der Waals surface area contributed by atoms with Crippen LogP contribution in [0.4, 0.5) is 11.5 Å². The lowest BCUT2D eigenvalue weighted by molar-refractivity contribution is -0.117. The van der Waals surface area contributed by atoms with E-state index in [0.29, 0.717) is 12.3 Å². The Morgan fingerprint density at radius 1 is 1.04 bits per heavy atom. The zero-order valence-electron chi connectivity index (χ0n) is 16.1. The van der Waals surface area contributed by atoms with Crippen molar-refractivity contribution in [3.8, 4) is 0 Å². The molecule has 27 heavy (non-hydrogen) atoms. The van der Waals surface area contributed by atoms with E-state index in [-0.39, 0.29) is 5.91 Å². The van der Waals surface area contributed by atoms with Crippen LogP contribution in [0.2, 0.25) is 0 Å². The zero-order chi connectivity index (χ0) is 18.8. The van der Waals surface area contributed by atoms with E-state index in [0.717, 1.165) is 56.5 Å². The highest BCUT2D eigenvalue weighted by Gasteiger charge is 2.32. The maximum Gasteiger partial charge on any atom is 0.227 e. The molecule has 2 aliphatic heterocycles. The molecular formula is C21H27N5O. The van der Waals surface area contributed by atoms with Crippen LogP contribution in [0.5, 0.6) is 0 Å². The Balaban J connectivity index is 1.32. The van der Waals surface area contributed by atoms with Crippen LogP contribution in [-0.4, -0.2) is 60.0 Å². The summed E-state index contributed by atoms with van der Waals surface area (Å²) in [5.74, 6) is 1.72. The molecule has 0 saturated carbocycles. The van der Waals surface area contributed by atoms with Crippen LogP contribution < -0.4 is 9.80 Å². The first kappa shape index (κ1) is 17.9. The number of hydrogen-bond donors (Lipinski definition) is 0. The number of piperazine rings is 1. The number of benzene rings is 1.